The highest BCUT2D eigenvalue weighted by molar-refractivity contribution is 5.52. The summed E-state index contributed by atoms with van der Waals surface area (Å²) in [5, 5.41) is 0. The van der Waals surface area contributed by atoms with E-state index in [1.54, 1.807) is 11.1 Å². The third kappa shape index (κ3) is 0.846. The molecule has 1 fully saturated rings. The maximum absolute atomic E-state index is 2.46. The molecule has 2 atom stereocenters. The molecule has 0 N–H and O–H groups in total. The summed E-state index contributed by atoms with van der Waals surface area (Å²) in [5.74, 6) is 0.884. The molecule has 0 amide bonds. The topological polar surface area (TPSA) is 0 Å². The van der Waals surface area contributed by atoms with Gasteiger partial charge in [-0.1, -0.05) is 19.1 Å². The van der Waals surface area contributed by atoms with Crippen LogP contribution in [-0.4, -0.2) is 0 Å². The monoisotopic (exact) mass is 186 g/mol. The standard InChI is InChI=1S/C14H18/c1-9-4-5-10(2)13-12(9)11-6-7-14(13,3)8-11/h4-5,11H,6-8H2,1-3H3. The lowest BCUT2D eigenvalue weighted by molar-refractivity contribution is 0.502. The molecular weight excluding hydrogens is 168 g/mol. The van der Waals surface area contributed by atoms with Crippen LogP contribution < -0.4 is 0 Å². The Morgan fingerprint density at radius 2 is 1.93 bits per heavy atom. The highest BCUT2D eigenvalue weighted by Gasteiger charge is 2.46. The summed E-state index contributed by atoms with van der Waals surface area (Å²) >= 11 is 0. The van der Waals surface area contributed by atoms with Gasteiger partial charge in [0.25, 0.3) is 0 Å². The van der Waals surface area contributed by atoms with E-state index in [0.29, 0.717) is 5.41 Å². The molecule has 0 heteroatoms. The molecule has 2 aliphatic rings. The normalized spacial score (nSPS) is 33.5. The molecule has 0 aromatic heterocycles. The molecule has 0 radical (unpaired) electrons. The van der Waals surface area contributed by atoms with Crippen molar-refractivity contribution in [2.75, 3.05) is 0 Å². The minimum Gasteiger partial charge on any atom is -0.0588 e. The second kappa shape index (κ2) is 2.42. The fourth-order valence-electron chi connectivity index (χ4n) is 3.87. The van der Waals surface area contributed by atoms with Crippen LogP contribution in [0, 0.1) is 13.8 Å². The number of rotatable bonds is 0. The summed E-state index contributed by atoms with van der Waals surface area (Å²) in [6.45, 7) is 7.03. The minimum absolute atomic E-state index is 0.524. The molecular formula is C14H18. The van der Waals surface area contributed by atoms with E-state index < -0.39 is 0 Å². The van der Waals surface area contributed by atoms with E-state index in [2.05, 4.69) is 32.9 Å². The summed E-state index contributed by atoms with van der Waals surface area (Å²) in [7, 11) is 0. The van der Waals surface area contributed by atoms with Gasteiger partial charge in [0, 0.05) is 0 Å². The van der Waals surface area contributed by atoms with Crippen molar-refractivity contribution >= 4 is 0 Å². The number of benzene rings is 1. The summed E-state index contributed by atoms with van der Waals surface area (Å²) in [5.41, 5.74) is 6.98. The fourth-order valence-corrected chi connectivity index (χ4v) is 3.87. The molecule has 3 rings (SSSR count). The number of aryl methyl sites for hydroxylation is 2. The van der Waals surface area contributed by atoms with Gasteiger partial charge in [0.2, 0.25) is 0 Å². The van der Waals surface area contributed by atoms with Gasteiger partial charge in [-0.15, -0.1) is 0 Å². The highest BCUT2D eigenvalue weighted by atomic mass is 14.5. The average Bonchev–Trinajstić information content (AvgIpc) is 2.65. The first-order valence-corrected chi connectivity index (χ1v) is 5.72. The maximum Gasteiger partial charge on any atom is -0.00637 e. The Morgan fingerprint density at radius 3 is 2.64 bits per heavy atom. The van der Waals surface area contributed by atoms with Gasteiger partial charge < -0.3 is 0 Å². The molecule has 2 aliphatic carbocycles. The molecule has 1 aromatic rings. The Morgan fingerprint density at radius 1 is 1.21 bits per heavy atom. The van der Waals surface area contributed by atoms with Gasteiger partial charge in [0.05, 0.1) is 0 Å². The van der Waals surface area contributed by atoms with E-state index in [9.17, 15) is 0 Å². The van der Waals surface area contributed by atoms with E-state index in [1.165, 1.54) is 30.4 Å². The lowest BCUT2D eigenvalue weighted by Gasteiger charge is -2.27. The molecule has 0 aliphatic heterocycles. The van der Waals surface area contributed by atoms with Crippen LogP contribution in [0.1, 0.15) is 54.4 Å². The van der Waals surface area contributed by atoms with Gasteiger partial charge in [-0.05, 0) is 66.7 Å². The summed E-state index contributed by atoms with van der Waals surface area (Å²) < 4.78 is 0. The largest absolute Gasteiger partial charge is 0.0588 e. The summed E-state index contributed by atoms with van der Waals surface area (Å²) in [6, 6.07) is 4.61. The van der Waals surface area contributed by atoms with Gasteiger partial charge in [0.1, 0.15) is 0 Å². The van der Waals surface area contributed by atoms with Crippen LogP contribution in [0.25, 0.3) is 0 Å². The molecule has 0 heterocycles. The van der Waals surface area contributed by atoms with Crippen molar-refractivity contribution in [3.05, 3.63) is 34.4 Å². The second-order valence-corrected chi connectivity index (χ2v) is 5.49. The summed E-state index contributed by atoms with van der Waals surface area (Å²) in [4.78, 5) is 0. The molecule has 74 valence electrons. The molecule has 0 spiro atoms. The van der Waals surface area contributed by atoms with Gasteiger partial charge >= 0.3 is 0 Å². The predicted molar refractivity (Wildman–Crippen MR) is 59.9 cm³/mol. The van der Waals surface area contributed by atoms with Crippen molar-refractivity contribution in [3.8, 4) is 0 Å². The van der Waals surface area contributed by atoms with Crippen molar-refractivity contribution < 1.29 is 0 Å². The first-order valence-electron chi connectivity index (χ1n) is 5.72. The van der Waals surface area contributed by atoms with Crippen molar-refractivity contribution in [1.82, 2.24) is 0 Å². The van der Waals surface area contributed by atoms with Crippen molar-refractivity contribution in [3.63, 3.8) is 0 Å². The molecule has 0 saturated heterocycles. The molecule has 1 aromatic carbocycles. The van der Waals surface area contributed by atoms with Crippen molar-refractivity contribution in [2.24, 2.45) is 0 Å². The van der Waals surface area contributed by atoms with Gasteiger partial charge in [-0.2, -0.15) is 0 Å². The smallest absolute Gasteiger partial charge is 0.00637 e. The van der Waals surface area contributed by atoms with Crippen LogP contribution in [-0.2, 0) is 5.41 Å². The van der Waals surface area contributed by atoms with Crippen LogP contribution in [0.4, 0.5) is 0 Å². The molecule has 2 unspecified atom stereocenters. The molecule has 2 bridgehead atoms. The Kier molecular flexibility index (Phi) is 1.47. The first-order chi connectivity index (χ1) is 6.62. The van der Waals surface area contributed by atoms with Crippen molar-refractivity contribution in [1.29, 1.82) is 0 Å². The van der Waals surface area contributed by atoms with Crippen LogP contribution in [0.15, 0.2) is 12.1 Å². The van der Waals surface area contributed by atoms with Crippen LogP contribution in [0.5, 0.6) is 0 Å². The molecule has 1 saturated carbocycles. The zero-order valence-corrected chi connectivity index (χ0v) is 9.35. The van der Waals surface area contributed by atoms with Crippen molar-refractivity contribution in [2.45, 2.75) is 51.4 Å². The average molecular weight is 186 g/mol. The van der Waals surface area contributed by atoms with Crippen LogP contribution in [0.3, 0.4) is 0 Å². The van der Waals surface area contributed by atoms with E-state index in [0.717, 1.165) is 5.92 Å². The predicted octanol–water partition coefficient (Wildman–Crippen LogP) is 3.84. The maximum atomic E-state index is 2.46. The van der Waals surface area contributed by atoms with Gasteiger partial charge in [0.15, 0.2) is 0 Å². The Hall–Kier alpha value is -0.780. The van der Waals surface area contributed by atoms with E-state index >= 15 is 0 Å². The van der Waals surface area contributed by atoms with E-state index in [-0.39, 0.29) is 0 Å². The minimum atomic E-state index is 0.524. The highest BCUT2D eigenvalue weighted by Crippen LogP contribution is 2.58. The molecule has 0 nitrogen and oxygen atoms in total. The molecule has 14 heavy (non-hydrogen) atoms. The Labute approximate surface area is 86.3 Å². The SMILES string of the molecule is Cc1ccc(C)c2c1C1CCC2(C)C1. The third-order valence-electron chi connectivity index (χ3n) is 4.43. The van der Waals surface area contributed by atoms with E-state index in [4.69, 9.17) is 0 Å². The lowest BCUT2D eigenvalue weighted by atomic mass is 9.77. The number of fused-ring (bicyclic) bond motifs is 5. The lowest BCUT2D eigenvalue weighted by Crippen LogP contribution is -2.17. The summed E-state index contributed by atoms with van der Waals surface area (Å²) in [6.07, 6.45) is 4.25. The van der Waals surface area contributed by atoms with Crippen LogP contribution >= 0.6 is 0 Å². The van der Waals surface area contributed by atoms with Gasteiger partial charge in [-0.25, -0.2) is 0 Å². The number of hydrogen-bond acceptors (Lipinski definition) is 0. The van der Waals surface area contributed by atoms with Gasteiger partial charge in [-0.3, -0.25) is 0 Å². The Balaban J connectivity index is 2.34. The van der Waals surface area contributed by atoms with Crippen LogP contribution in [0.2, 0.25) is 0 Å². The quantitative estimate of drug-likeness (QED) is 0.577. The second-order valence-electron chi connectivity index (χ2n) is 5.49. The first kappa shape index (κ1) is 8.52. The zero-order chi connectivity index (χ0) is 9.92. The fraction of sp³-hybridized carbons (Fsp3) is 0.571. The third-order valence-corrected chi connectivity index (χ3v) is 4.43. The Bertz CT molecular complexity index is 403. The van der Waals surface area contributed by atoms with E-state index in [1.807, 2.05) is 0 Å². The zero-order valence-electron chi connectivity index (χ0n) is 9.35. The number of hydrogen-bond donors (Lipinski definition) is 0.